The second-order valence-electron chi connectivity index (χ2n) is 5.71. The number of aliphatic imine (C=N–C) groups is 1. The Morgan fingerprint density at radius 1 is 1.16 bits per heavy atom. The minimum absolute atomic E-state index is 0.0225. The Kier molecular flexibility index (Phi) is 10.1. The summed E-state index contributed by atoms with van der Waals surface area (Å²) in [7, 11) is 2.15. The number of hydrogen-bond donors (Lipinski definition) is 2. The second kappa shape index (κ2) is 11.8. The summed E-state index contributed by atoms with van der Waals surface area (Å²) >= 11 is 0. The molecule has 0 aliphatic rings. The smallest absolute Gasteiger partial charge is 0.191 e. The molecular formula is C17H30N4O3S. The summed E-state index contributed by atoms with van der Waals surface area (Å²) in [5.74, 6) is 0.628. The van der Waals surface area contributed by atoms with E-state index in [9.17, 15) is 8.42 Å². The summed E-state index contributed by atoms with van der Waals surface area (Å²) < 4.78 is 29.5. The summed E-state index contributed by atoms with van der Waals surface area (Å²) in [6.45, 7) is 3.63. The first-order valence-electron chi connectivity index (χ1n) is 8.39. The van der Waals surface area contributed by atoms with Crippen LogP contribution in [-0.4, -0.2) is 79.0 Å². The van der Waals surface area contributed by atoms with Gasteiger partial charge in [-0.15, -0.1) is 0 Å². The van der Waals surface area contributed by atoms with E-state index in [1.807, 2.05) is 0 Å². The standard InChI is InChI=1S/C17H30N4O3S/c1-18-17(19-10-13-21(2)12-7-14-24-3)20-11-15-25(22,23)16-8-5-4-6-9-16/h4-6,8-9H,7,10-15H2,1-3H3,(H2,18,19,20). The van der Waals surface area contributed by atoms with Gasteiger partial charge in [0.05, 0.1) is 10.6 Å². The monoisotopic (exact) mass is 370 g/mol. The van der Waals surface area contributed by atoms with E-state index in [1.54, 1.807) is 44.5 Å². The number of hydrogen-bond acceptors (Lipinski definition) is 5. The van der Waals surface area contributed by atoms with E-state index in [1.165, 1.54) is 0 Å². The zero-order valence-electron chi connectivity index (χ0n) is 15.4. The van der Waals surface area contributed by atoms with E-state index in [-0.39, 0.29) is 5.75 Å². The molecular weight excluding hydrogens is 340 g/mol. The van der Waals surface area contributed by atoms with Crippen LogP contribution in [-0.2, 0) is 14.6 Å². The lowest BCUT2D eigenvalue weighted by atomic mass is 10.4. The van der Waals surface area contributed by atoms with Gasteiger partial charge in [0.1, 0.15) is 0 Å². The quantitative estimate of drug-likeness (QED) is 0.337. The third kappa shape index (κ3) is 8.85. The number of nitrogens with zero attached hydrogens (tertiary/aromatic N) is 2. The first kappa shape index (κ1) is 21.4. The number of methoxy groups -OCH3 is 1. The van der Waals surface area contributed by atoms with Gasteiger partial charge in [-0.25, -0.2) is 8.42 Å². The van der Waals surface area contributed by atoms with Crippen molar-refractivity contribution in [1.82, 2.24) is 15.5 Å². The summed E-state index contributed by atoms with van der Waals surface area (Å²) in [5, 5.41) is 6.23. The maximum Gasteiger partial charge on any atom is 0.191 e. The van der Waals surface area contributed by atoms with Crippen LogP contribution in [0.3, 0.4) is 0 Å². The highest BCUT2D eigenvalue weighted by Crippen LogP contribution is 2.09. The van der Waals surface area contributed by atoms with Gasteiger partial charge in [-0.1, -0.05) is 18.2 Å². The predicted molar refractivity (Wildman–Crippen MR) is 102 cm³/mol. The molecule has 7 nitrogen and oxygen atoms in total. The lowest BCUT2D eigenvalue weighted by Gasteiger charge is -2.18. The Bertz CT molecular complexity index is 606. The van der Waals surface area contributed by atoms with E-state index >= 15 is 0 Å². The van der Waals surface area contributed by atoms with Crippen molar-refractivity contribution in [1.29, 1.82) is 0 Å². The summed E-state index contributed by atoms with van der Waals surface area (Å²) in [4.78, 5) is 6.67. The lowest BCUT2D eigenvalue weighted by molar-refractivity contribution is 0.180. The van der Waals surface area contributed by atoms with Crippen molar-refractivity contribution in [3.8, 4) is 0 Å². The van der Waals surface area contributed by atoms with Gasteiger partial charge < -0.3 is 20.3 Å². The fourth-order valence-corrected chi connectivity index (χ4v) is 3.40. The van der Waals surface area contributed by atoms with Crippen LogP contribution in [0.1, 0.15) is 6.42 Å². The van der Waals surface area contributed by atoms with Crippen LogP contribution in [0.5, 0.6) is 0 Å². The number of nitrogens with one attached hydrogen (secondary N) is 2. The van der Waals surface area contributed by atoms with Crippen LogP contribution in [0.2, 0.25) is 0 Å². The highest BCUT2D eigenvalue weighted by molar-refractivity contribution is 7.91. The van der Waals surface area contributed by atoms with E-state index in [4.69, 9.17) is 4.74 Å². The number of sulfone groups is 1. The van der Waals surface area contributed by atoms with Gasteiger partial charge >= 0.3 is 0 Å². The molecule has 0 amide bonds. The van der Waals surface area contributed by atoms with Crippen LogP contribution in [0, 0.1) is 0 Å². The predicted octanol–water partition coefficient (Wildman–Crippen LogP) is 0.594. The fraction of sp³-hybridized carbons (Fsp3) is 0.588. The number of rotatable bonds is 11. The van der Waals surface area contributed by atoms with Gasteiger partial charge in [-0.05, 0) is 25.6 Å². The average molecular weight is 371 g/mol. The van der Waals surface area contributed by atoms with Crippen molar-refractivity contribution in [2.75, 3.05) is 59.7 Å². The number of benzene rings is 1. The minimum atomic E-state index is -3.28. The Morgan fingerprint density at radius 3 is 2.48 bits per heavy atom. The molecule has 0 spiro atoms. The fourth-order valence-electron chi connectivity index (χ4n) is 2.23. The van der Waals surface area contributed by atoms with Crippen molar-refractivity contribution in [2.24, 2.45) is 4.99 Å². The molecule has 0 aliphatic heterocycles. The summed E-state index contributed by atoms with van der Waals surface area (Å²) in [6, 6.07) is 8.48. The van der Waals surface area contributed by atoms with Gasteiger partial charge in [0, 0.05) is 46.9 Å². The van der Waals surface area contributed by atoms with Gasteiger partial charge in [0.25, 0.3) is 0 Å². The van der Waals surface area contributed by atoms with E-state index in [0.29, 0.717) is 17.4 Å². The van der Waals surface area contributed by atoms with Crippen molar-refractivity contribution >= 4 is 15.8 Å². The molecule has 0 saturated carbocycles. The van der Waals surface area contributed by atoms with Crippen LogP contribution in [0.25, 0.3) is 0 Å². The number of likely N-dealkylation sites (N-methyl/N-ethyl adjacent to an activating group) is 1. The normalized spacial score (nSPS) is 12.4. The van der Waals surface area contributed by atoms with Gasteiger partial charge in [0.15, 0.2) is 15.8 Å². The summed E-state index contributed by atoms with van der Waals surface area (Å²) in [6.07, 6.45) is 0.997. The topological polar surface area (TPSA) is 83.0 Å². The first-order chi connectivity index (χ1) is 12.0. The molecule has 0 heterocycles. The minimum Gasteiger partial charge on any atom is -0.385 e. The molecule has 0 radical (unpaired) electrons. The maximum atomic E-state index is 12.2. The van der Waals surface area contributed by atoms with Crippen LogP contribution >= 0.6 is 0 Å². The van der Waals surface area contributed by atoms with Crippen molar-refractivity contribution in [2.45, 2.75) is 11.3 Å². The molecule has 1 aromatic rings. The zero-order valence-corrected chi connectivity index (χ0v) is 16.2. The zero-order chi connectivity index (χ0) is 18.5. The largest absolute Gasteiger partial charge is 0.385 e. The molecule has 8 heteroatoms. The van der Waals surface area contributed by atoms with Gasteiger partial charge in [-0.3, -0.25) is 4.99 Å². The molecule has 1 aromatic carbocycles. The molecule has 0 fully saturated rings. The van der Waals surface area contributed by atoms with Crippen LogP contribution in [0.15, 0.2) is 40.2 Å². The maximum absolute atomic E-state index is 12.2. The Labute approximate surface area is 151 Å². The molecule has 0 aromatic heterocycles. The van der Waals surface area contributed by atoms with Crippen LogP contribution < -0.4 is 10.6 Å². The molecule has 0 saturated heterocycles. The van der Waals surface area contributed by atoms with Crippen LogP contribution in [0.4, 0.5) is 0 Å². The van der Waals surface area contributed by atoms with Crippen molar-refractivity contribution in [3.63, 3.8) is 0 Å². The number of ether oxygens (including phenoxy) is 1. The Hall–Kier alpha value is -1.64. The van der Waals surface area contributed by atoms with Gasteiger partial charge in [-0.2, -0.15) is 0 Å². The highest BCUT2D eigenvalue weighted by Gasteiger charge is 2.13. The Balaban J connectivity index is 2.28. The average Bonchev–Trinajstić information content (AvgIpc) is 2.61. The molecule has 0 unspecified atom stereocenters. The number of guanidine groups is 1. The third-order valence-electron chi connectivity index (χ3n) is 3.66. The lowest BCUT2D eigenvalue weighted by Crippen LogP contribution is -2.42. The SMILES string of the molecule is CN=C(NCCN(C)CCCOC)NCCS(=O)(=O)c1ccccc1. The molecule has 0 bridgehead atoms. The molecule has 1 rings (SSSR count). The van der Waals surface area contributed by atoms with E-state index in [0.717, 1.165) is 32.7 Å². The molecule has 0 atom stereocenters. The van der Waals surface area contributed by atoms with Gasteiger partial charge in [0.2, 0.25) is 0 Å². The Morgan fingerprint density at radius 2 is 1.84 bits per heavy atom. The molecule has 0 aliphatic carbocycles. The van der Waals surface area contributed by atoms with E-state index < -0.39 is 9.84 Å². The molecule has 142 valence electrons. The molecule has 25 heavy (non-hydrogen) atoms. The third-order valence-corrected chi connectivity index (χ3v) is 5.40. The van der Waals surface area contributed by atoms with E-state index in [2.05, 4.69) is 27.6 Å². The second-order valence-corrected chi connectivity index (χ2v) is 7.82. The molecule has 2 N–H and O–H groups in total. The summed E-state index contributed by atoms with van der Waals surface area (Å²) in [5.41, 5.74) is 0. The highest BCUT2D eigenvalue weighted by atomic mass is 32.2. The van der Waals surface area contributed by atoms with Crippen molar-refractivity contribution in [3.05, 3.63) is 30.3 Å². The van der Waals surface area contributed by atoms with Crippen molar-refractivity contribution < 1.29 is 13.2 Å². The first-order valence-corrected chi connectivity index (χ1v) is 10.0.